The molecule has 3 fully saturated rings. The molecule has 15 nitrogen and oxygen atoms in total. The molecule has 18 heteroatoms. The highest BCUT2D eigenvalue weighted by Crippen LogP contribution is 2.32. The van der Waals surface area contributed by atoms with Crippen molar-refractivity contribution in [1.82, 2.24) is 34.4 Å². The third-order valence-electron chi connectivity index (χ3n) is 12.2. The minimum absolute atomic E-state index is 0.0184. The van der Waals surface area contributed by atoms with Gasteiger partial charge in [0.15, 0.2) is 12.0 Å². The number of pyridine rings is 2. The lowest BCUT2D eigenvalue weighted by molar-refractivity contribution is -0.131. The van der Waals surface area contributed by atoms with Gasteiger partial charge in [-0.2, -0.15) is 12.7 Å². The van der Waals surface area contributed by atoms with E-state index >= 15 is 8.78 Å². The summed E-state index contributed by atoms with van der Waals surface area (Å²) in [4.78, 5) is 44.5. The fourth-order valence-electron chi connectivity index (χ4n) is 8.31. The number of benzene rings is 2. The fourth-order valence-corrected chi connectivity index (χ4v) is 9.24. The van der Waals surface area contributed by atoms with E-state index in [0.29, 0.717) is 41.1 Å². The van der Waals surface area contributed by atoms with E-state index < -0.39 is 51.2 Å². The standard InChI is InChI=1S/C44H51F2N9O6S/c1-3-52(2)62(59,60)51-36-10-9-35(45)40(41(36)46)42(57)34-27-49-43-33(34)24-31(26-48-43)30-6-12-38(47-25-30)55-22-20-54(21-23-55)19-18-53-16-14-29(15-17-53)28-4-7-32(8-5-28)61-37-11-13-39(56)50-44(37)58/h4-10,12,24-27,29,37,44,51,58H,3,11,13-23H2,1-2H3,(H,48,49)(H,50,56). The maximum atomic E-state index is 15.6. The highest BCUT2D eigenvalue weighted by Gasteiger charge is 2.30. The van der Waals surface area contributed by atoms with Crippen LogP contribution in [0.3, 0.4) is 0 Å². The summed E-state index contributed by atoms with van der Waals surface area (Å²) < 4.78 is 64.7. The van der Waals surface area contributed by atoms with Crippen LogP contribution < -0.4 is 19.7 Å². The van der Waals surface area contributed by atoms with Crippen molar-refractivity contribution in [2.24, 2.45) is 0 Å². The average Bonchev–Trinajstić information content (AvgIpc) is 3.71. The van der Waals surface area contributed by atoms with Crippen LogP contribution in [-0.2, 0) is 15.0 Å². The van der Waals surface area contributed by atoms with Crippen molar-refractivity contribution in [3.05, 3.63) is 102 Å². The number of rotatable bonds is 14. The zero-order valence-corrected chi connectivity index (χ0v) is 35.5. The first-order chi connectivity index (χ1) is 29.9. The number of hydrogen-bond acceptors (Lipinski definition) is 11. The summed E-state index contributed by atoms with van der Waals surface area (Å²) in [6.45, 7) is 9.38. The predicted molar refractivity (Wildman–Crippen MR) is 231 cm³/mol. The smallest absolute Gasteiger partial charge is 0.301 e. The summed E-state index contributed by atoms with van der Waals surface area (Å²) in [7, 11) is -2.82. The van der Waals surface area contributed by atoms with Gasteiger partial charge < -0.3 is 29.9 Å². The number of amides is 1. The predicted octanol–water partition coefficient (Wildman–Crippen LogP) is 4.72. The van der Waals surface area contributed by atoms with Crippen LogP contribution in [0.25, 0.3) is 22.2 Å². The molecule has 6 heterocycles. The zero-order chi connectivity index (χ0) is 43.5. The first-order valence-corrected chi connectivity index (χ1v) is 22.4. The molecule has 2 atom stereocenters. The van der Waals surface area contributed by atoms with Crippen LogP contribution >= 0.6 is 0 Å². The van der Waals surface area contributed by atoms with Crippen LogP contribution in [0.4, 0.5) is 20.3 Å². The number of fused-ring (bicyclic) bond motifs is 1. The van der Waals surface area contributed by atoms with E-state index in [0.717, 1.165) is 93.0 Å². The van der Waals surface area contributed by atoms with Crippen molar-refractivity contribution >= 4 is 44.4 Å². The molecular weight excluding hydrogens is 821 g/mol. The molecule has 0 saturated carbocycles. The van der Waals surface area contributed by atoms with Gasteiger partial charge >= 0.3 is 10.2 Å². The molecule has 2 unspecified atom stereocenters. The number of nitrogens with one attached hydrogen (secondary N) is 3. The SMILES string of the molecule is CCN(C)S(=O)(=O)Nc1ccc(F)c(C(=O)c2c[nH]c3ncc(-c4ccc(N5CCN(CCN6CCC(c7ccc(OC8CCC(=O)NC8O)cc7)CC6)CC5)nc4)cc23)c1F. The van der Waals surface area contributed by atoms with E-state index in [1.54, 1.807) is 25.4 Å². The number of nitrogens with zero attached hydrogens (tertiary/aromatic N) is 6. The maximum Gasteiger partial charge on any atom is 0.301 e. The molecule has 4 N–H and O–H groups in total. The van der Waals surface area contributed by atoms with E-state index in [1.807, 2.05) is 24.3 Å². The Morgan fingerprint density at radius 2 is 1.65 bits per heavy atom. The number of aromatic nitrogens is 3. The van der Waals surface area contributed by atoms with E-state index in [4.69, 9.17) is 9.72 Å². The van der Waals surface area contributed by atoms with Gasteiger partial charge in [0.2, 0.25) is 11.7 Å². The fraction of sp³-hybridized carbons (Fsp3) is 0.409. The monoisotopic (exact) mass is 871 g/mol. The summed E-state index contributed by atoms with van der Waals surface area (Å²) in [5.74, 6) is -1.52. The number of carbonyl (C=O) groups excluding carboxylic acids is 2. The van der Waals surface area contributed by atoms with E-state index in [2.05, 4.69) is 46.8 Å². The number of aliphatic hydroxyl groups excluding tert-OH is 1. The third kappa shape index (κ3) is 9.44. The van der Waals surface area contributed by atoms with Crippen LogP contribution in [0, 0.1) is 11.6 Å². The number of anilines is 2. The summed E-state index contributed by atoms with van der Waals surface area (Å²) >= 11 is 0. The van der Waals surface area contributed by atoms with Crippen LogP contribution in [-0.4, -0.2) is 133 Å². The van der Waals surface area contributed by atoms with Crippen LogP contribution in [0.5, 0.6) is 5.75 Å². The lowest BCUT2D eigenvalue weighted by Crippen LogP contribution is -2.50. The molecule has 8 rings (SSSR count). The zero-order valence-electron chi connectivity index (χ0n) is 34.7. The van der Waals surface area contributed by atoms with E-state index in [-0.39, 0.29) is 18.0 Å². The highest BCUT2D eigenvalue weighted by molar-refractivity contribution is 7.90. The number of ether oxygens (including phenoxy) is 1. The number of piperidine rings is 2. The van der Waals surface area contributed by atoms with Gasteiger partial charge in [-0.15, -0.1) is 0 Å². The first kappa shape index (κ1) is 43.1. The summed E-state index contributed by atoms with van der Waals surface area (Å²) in [5.41, 5.74) is 1.60. The van der Waals surface area contributed by atoms with Crippen LogP contribution in [0.15, 0.2) is 73.2 Å². The Hall–Kier alpha value is -5.53. The molecule has 2 aromatic carbocycles. The topological polar surface area (TPSA) is 176 Å². The van der Waals surface area contributed by atoms with Crippen molar-refractivity contribution < 1.29 is 36.6 Å². The second-order valence-electron chi connectivity index (χ2n) is 16.1. The summed E-state index contributed by atoms with van der Waals surface area (Å²) in [6, 6.07) is 15.6. The van der Waals surface area contributed by atoms with Crippen LogP contribution in [0.2, 0.25) is 0 Å². The summed E-state index contributed by atoms with van der Waals surface area (Å²) in [6.07, 6.45) is 6.31. The number of H-pyrrole nitrogens is 1. The minimum Gasteiger partial charge on any atom is -0.486 e. The Morgan fingerprint density at radius 1 is 0.935 bits per heavy atom. The van der Waals surface area contributed by atoms with Crippen LogP contribution in [0.1, 0.15) is 60.0 Å². The molecule has 1 amide bonds. The van der Waals surface area contributed by atoms with Gasteiger partial charge in [-0.1, -0.05) is 19.1 Å². The molecule has 0 radical (unpaired) electrons. The van der Waals surface area contributed by atoms with E-state index in [9.17, 15) is 23.1 Å². The van der Waals surface area contributed by atoms with Crippen molar-refractivity contribution in [3.8, 4) is 16.9 Å². The number of carbonyl (C=O) groups is 2. The van der Waals surface area contributed by atoms with Gasteiger partial charge in [-0.25, -0.2) is 18.7 Å². The molecule has 3 aliphatic heterocycles. The lowest BCUT2D eigenvalue weighted by atomic mass is 9.89. The number of ketones is 1. The van der Waals surface area contributed by atoms with E-state index in [1.165, 1.54) is 18.8 Å². The normalized spacial score (nSPS) is 19.5. The number of aliphatic hydroxyl groups is 1. The van der Waals surface area contributed by atoms with Gasteiger partial charge in [0.25, 0.3) is 0 Å². The molecule has 0 aliphatic carbocycles. The van der Waals surface area contributed by atoms with Crippen molar-refractivity contribution in [2.75, 3.05) is 75.6 Å². The molecule has 0 bridgehead atoms. The Balaban J connectivity index is 0.819. The summed E-state index contributed by atoms with van der Waals surface area (Å²) in [5, 5.41) is 13.0. The molecule has 62 heavy (non-hydrogen) atoms. The first-order valence-electron chi connectivity index (χ1n) is 21.0. The number of hydrogen-bond donors (Lipinski definition) is 4. The number of piperazine rings is 1. The molecule has 3 aromatic heterocycles. The maximum absolute atomic E-state index is 15.6. The molecule has 3 aliphatic rings. The molecule has 0 spiro atoms. The third-order valence-corrected chi connectivity index (χ3v) is 13.8. The van der Waals surface area contributed by atoms with Gasteiger partial charge in [0.05, 0.1) is 11.3 Å². The molecule has 5 aromatic rings. The molecule has 3 saturated heterocycles. The lowest BCUT2D eigenvalue weighted by Gasteiger charge is -2.37. The van der Waals surface area contributed by atoms with Gasteiger partial charge in [-0.05, 0) is 86.3 Å². The number of halogens is 2. The second kappa shape index (κ2) is 18.4. The Bertz CT molecular complexity index is 2510. The Labute approximate surface area is 359 Å². The Morgan fingerprint density at radius 3 is 2.32 bits per heavy atom. The number of aromatic amines is 1. The molecular formula is C44H51F2N9O6S. The molecule has 328 valence electrons. The Kier molecular flexibility index (Phi) is 12.8. The van der Waals surface area contributed by atoms with Gasteiger partial charge in [0.1, 0.15) is 29.1 Å². The van der Waals surface area contributed by atoms with Gasteiger partial charge in [-0.3, -0.25) is 19.2 Å². The minimum atomic E-state index is -4.13. The second-order valence-corrected chi connectivity index (χ2v) is 17.9. The quantitative estimate of drug-likeness (QED) is 0.114. The number of likely N-dealkylation sites (tertiary alicyclic amines) is 1. The largest absolute Gasteiger partial charge is 0.486 e. The van der Waals surface area contributed by atoms with Gasteiger partial charge in [0, 0.05) is 99.9 Å². The van der Waals surface area contributed by atoms with Crippen molar-refractivity contribution in [2.45, 2.75) is 50.9 Å². The van der Waals surface area contributed by atoms with Crippen molar-refractivity contribution in [3.63, 3.8) is 0 Å². The average molecular weight is 872 g/mol. The van der Waals surface area contributed by atoms with Crippen molar-refractivity contribution in [1.29, 1.82) is 0 Å². The highest BCUT2D eigenvalue weighted by atomic mass is 32.2.